The van der Waals surface area contributed by atoms with E-state index in [1.54, 1.807) is 37.3 Å². The lowest BCUT2D eigenvalue weighted by atomic mass is 10.2. The molecule has 1 aromatic carbocycles. The SMILES string of the molecule is CCC[C@H](C)OC(=O)[C@H](C)N[P@@](=O)(OC[C@H]1OC[C@@H](n2ccc(N)nc2=O)O1)Oc1ccccc1. The van der Waals surface area contributed by atoms with Crippen LogP contribution in [-0.4, -0.2) is 47.2 Å². The van der Waals surface area contributed by atoms with E-state index in [9.17, 15) is 14.2 Å². The van der Waals surface area contributed by atoms with Gasteiger partial charge in [-0.05, 0) is 38.5 Å². The van der Waals surface area contributed by atoms with E-state index in [0.29, 0.717) is 6.42 Å². The standard InChI is InChI=1S/C22H31N4O8P/c1-4-8-15(2)32-21(27)16(3)25-35(29,34-17-9-6-5-7-10-17)31-14-20-30-13-19(33-20)26-12-11-18(23)24-22(26)28/h5-7,9-12,15-16,19-20H,4,8,13-14H2,1-3H3,(H,25,29)(H2,23,24,28)/t15-,16-,19-,20-,35+/m0/s1. The topological polar surface area (TPSA) is 153 Å². The van der Waals surface area contributed by atoms with Crippen LogP contribution in [0.25, 0.3) is 0 Å². The maximum absolute atomic E-state index is 13.6. The molecule has 0 radical (unpaired) electrons. The van der Waals surface area contributed by atoms with Crippen molar-refractivity contribution < 1.29 is 32.6 Å². The van der Waals surface area contributed by atoms with Crippen molar-refractivity contribution >= 4 is 19.5 Å². The molecular weight excluding hydrogens is 479 g/mol. The minimum absolute atomic E-state index is 0.0366. The van der Waals surface area contributed by atoms with E-state index in [-0.39, 0.29) is 30.9 Å². The van der Waals surface area contributed by atoms with Crippen molar-refractivity contribution in [2.24, 2.45) is 0 Å². The maximum Gasteiger partial charge on any atom is 0.459 e. The number of rotatable bonds is 12. The minimum Gasteiger partial charge on any atom is -0.462 e. The van der Waals surface area contributed by atoms with Gasteiger partial charge in [0.25, 0.3) is 0 Å². The Balaban J connectivity index is 1.65. The van der Waals surface area contributed by atoms with E-state index in [1.165, 1.54) is 23.8 Å². The Morgan fingerprint density at radius 2 is 2.06 bits per heavy atom. The third kappa shape index (κ3) is 7.87. The van der Waals surface area contributed by atoms with Gasteiger partial charge in [0.15, 0.2) is 12.5 Å². The highest BCUT2D eigenvalue weighted by atomic mass is 31.2. The third-order valence-corrected chi connectivity index (χ3v) is 6.61. The lowest BCUT2D eigenvalue weighted by Gasteiger charge is -2.24. The fourth-order valence-corrected chi connectivity index (χ4v) is 4.72. The number of carbonyl (C=O) groups is 1. The number of hydrogen-bond donors (Lipinski definition) is 2. The van der Waals surface area contributed by atoms with Crippen LogP contribution in [0.15, 0.2) is 47.4 Å². The summed E-state index contributed by atoms with van der Waals surface area (Å²) in [7, 11) is -4.08. The number of ether oxygens (including phenoxy) is 3. The first-order valence-electron chi connectivity index (χ1n) is 11.3. The van der Waals surface area contributed by atoms with Crippen molar-refractivity contribution in [1.82, 2.24) is 14.6 Å². The number of nitrogen functional groups attached to an aromatic ring is 1. The lowest BCUT2D eigenvalue weighted by molar-refractivity contribution is -0.150. The predicted molar refractivity (Wildman–Crippen MR) is 126 cm³/mol. The summed E-state index contributed by atoms with van der Waals surface area (Å²) in [6, 6.07) is 8.86. The van der Waals surface area contributed by atoms with Gasteiger partial charge in [0.2, 0.25) is 0 Å². The molecule has 0 aliphatic carbocycles. The van der Waals surface area contributed by atoms with Crippen LogP contribution in [0.4, 0.5) is 5.82 Å². The second-order valence-electron chi connectivity index (χ2n) is 7.98. The molecule has 1 aliphatic rings. The average molecular weight is 510 g/mol. The molecule has 2 aromatic rings. The molecule has 12 nitrogen and oxygen atoms in total. The summed E-state index contributed by atoms with van der Waals surface area (Å²) in [5, 5.41) is 2.62. The number of nitrogens with one attached hydrogen (secondary N) is 1. The Kier molecular flexibility index (Phi) is 9.41. The van der Waals surface area contributed by atoms with Crippen LogP contribution in [-0.2, 0) is 28.1 Å². The van der Waals surface area contributed by atoms with Crippen molar-refractivity contribution in [1.29, 1.82) is 0 Å². The number of anilines is 1. The monoisotopic (exact) mass is 510 g/mol. The second kappa shape index (κ2) is 12.3. The third-order valence-electron chi connectivity index (χ3n) is 4.96. The number of aromatic nitrogens is 2. The molecule has 2 heterocycles. The number of carbonyl (C=O) groups excluding carboxylic acids is 1. The summed E-state index contributed by atoms with van der Waals surface area (Å²) in [5.74, 6) is -0.226. The van der Waals surface area contributed by atoms with E-state index in [4.69, 9.17) is 29.0 Å². The molecule has 35 heavy (non-hydrogen) atoms. The normalized spacial score (nSPS) is 21.1. The number of esters is 1. The Morgan fingerprint density at radius 3 is 2.74 bits per heavy atom. The predicted octanol–water partition coefficient (Wildman–Crippen LogP) is 2.61. The first kappa shape index (κ1) is 26.8. The van der Waals surface area contributed by atoms with Crippen LogP contribution in [0.3, 0.4) is 0 Å². The zero-order chi connectivity index (χ0) is 25.4. The van der Waals surface area contributed by atoms with Gasteiger partial charge in [-0.25, -0.2) is 9.36 Å². The van der Waals surface area contributed by atoms with Gasteiger partial charge in [-0.1, -0.05) is 31.5 Å². The van der Waals surface area contributed by atoms with Gasteiger partial charge in [-0.3, -0.25) is 13.9 Å². The summed E-state index contributed by atoms with van der Waals surface area (Å²) in [6.07, 6.45) is 1.01. The smallest absolute Gasteiger partial charge is 0.459 e. The average Bonchev–Trinajstić information content (AvgIpc) is 3.27. The van der Waals surface area contributed by atoms with E-state index in [1.807, 2.05) is 6.92 Å². The molecule has 0 unspecified atom stereocenters. The van der Waals surface area contributed by atoms with Gasteiger partial charge in [-0.15, -0.1) is 0 Å². The van der Waals surface area contributed by atoms with Gasteiger partial charge in [-0.2, -0.15) is 10.1 Å². The molecule has 1 fully saturated rings. The Morgan fingerprint density at radius 1 is 1.31 bits per heavy atom. The molecule has 192 valence electrons. The molecule has 3 rings (SSSR count). The van der Waals surface area contributed by atoms with E-state index in [0.717, 1.165) is 6.42 Å². The molecule has 3 N–H and O–H groups in total. The van der Waals surface area contributed by atoms with E-state index in [2.05, 4.69) is 10.1 Å². The molecular formula is C22H31N4O8P. The van der Waals surface area contributed by atoms with Gasteiger partial charge in [0.1, 0.15) is 24.2 Å². The van der Waals surface area contributed by atoms with E-state index >= 15 is 0 Å². The highest BCUT2D eigenvalue weighted by Crippen LogP contribution is 2.45. The quantitative estimate of drug-likeness (QED) is 0.320. The van der Waals surface area contributed by atoms with Gasteiger partial charge in [0.05, 0.1) is 12.7 Å². The Hall–Kier alpha value is -2.76. The Bertz CT molecular complexity index is 1080. The highest BCUT2D eigenvalue weighted by Gasteiger charge is 2.36. The summed E-state index contributed by atoms with van der Waals surface area (Å²) < 4.78 is 42.5. The number of nitrogens with two attached hydrogens (primary N) is 1. The van der Waals surface area contributed by atoms with Crippen LogP contribution >= 0.6 is 7.75 Å². The van der Waals surface area contributed by atoms with Crippen molar-refractivity contribution in [2.75, 3.05) is 18.9 Å². The molecule has 0 saturated carbocycles. The van der Waals surface area contributed by atoms with Crippen LogP contribution in [0.2, 0.25) is 0 Å². The summed E-state index contributed by atoms with van der Waals surface area (Å²) >= 11 is 0. The first-order chi connectivity index (χ1) is 16.7. The van der Waals surface area contributed by atoms with Gasteiger partial charge >= 0.3 is 19.4 Å². The highest BCUT2D eigenvalue weighted by molar-refractivity contribution is 7.52. The van der Waals surface area contributed by atoms with Crippen molar-refractivity contribution in [3.8, 4) is 5.75 Å². The second-order valence-corrected chi connectivity index (χ2v) is 9.67. The van der Waals surface area contributed by atoms with Crippen LogP contribution in [0.1, 0.15) is 39.8 Å². The fourth-order valence-electron chi connectivity index (χ4n) is 3.25. The largest absolute Gasteiger partial charge is 0.462 e. The van der Waals surface area contributed by atoms with Crippen LogP contribution < -0.4 is 21.0 Å². The first-order valence-corrected chi connectivity index (χ1v) is 12.8. The fraction of sp³-hybridized carbons (Fsp3) is 0.500. The molecule has 0 spiro atoms. The molecule has 5 atom stereocenters. The minimum atomic E-state index is -4.08. The summed E-state index contributed by atoms with van der Waals surface area (Å²) in [5.41, 5.74) is 4.92. The van der Waals surface area contributed by atoms with Gasteiger partial charge in [0, 0.05) is 6.20 Å². The van der Waals surface area contributed by atoms with Crippen LogP contribution in [0, 0.1) is 0 Å². The summed E-state index contributed by atoms with van der Waals surface area (Å²) in [6.45, 7) is 5.01. The van der Waals surface area contributed by atoms with Crippen molar-refractivity contribution in [2.45, 2.75) is 58.3 Å². The van der Waals surface area contributed by atoms with Crippen LogP contribution in [0.5, 0.6) is 5.75 Å². The molecule has 0 amide bonds. The van der Waals surface area contributed by atoms with Gasteiger partial charge < -0.3 is 24.5 Å². The number of para-hydroxylation sites is 1. The molecule has 1 saturated heterocycles. The maximum atomic E-state index is 13.6. The van der Waals surface area contributed by atoms with Crippen molar-refractivity contribution in [3.63, 3.8) is 0 Å². The van der Waals surface area contributed by atoms with E-state index < -0.39 is 38.0 Å². The zero-order valence-electron chi connectivity index (χ0n) is 19.9. The molecule has 1 aromatic heterocycles. The molecule has 13 heteroatoms. The number of nitrogens with zero attached hydrogens (tertiary/aromatic N) is 2. The molecule has 1 aliphatic heterocycles. The zero-order valence-corrected chi connectivity index (χ0v) is 20.8. The summed E-state index contributed by atoms with van der Waals surface area (Å²) in [4.78, 5) is 28.2. The lowest BCUT2D eigenvalue weighted by Crippen LogP contribution is -2.37. The molecule has 0 bridgehead atoms. The van der Waals surface area contributed by atoms with Crippen molar-refractivity contribution in [3.05, 3.63) is 53.1 Å². The Labute approximate surface area is 203 Å². The number of hydrogen-bond acceptors (Lipinski definition) is 10. The number of benzene rings is 1.